The van der Waals surface area contributed by atoms with Crippen molar-refractivity contribution in [1.29, 1.82) is 0 Å². The lowest BCUT2D eigenvalue weighted by Crippen LogP contribution is -2.28. The zero-order valence-corrected chi connectivity index (χ0v) is 13.4. The summed E-state index contributed by atoms with van der Waals surface area (Å²) in [6.07, 6.45) is 2.33. The summed E-state index contributed by atoms with van der Waals surface area (Å²) in [5.74, 6) is -0.279. The van der Waals surface area contributed by atoms with Crippen LogP contribution in [-0.2, 0) is 20.0 Å². The van der Waals surface area contributed by atoms with E-state index in [2.05, 4.69) is 15.0 Å². The standard InChI is InChI=1S/C11H20N4O4S2/c1-2-6-13-10-5-3-7-14-11(10)21(18,19)15-8-4-9-20(12,16)17/h3,5,7,13,15H,2,4,6,8-9H2,1H3,(H2,12,16,17). The lowest BCUT2D eigenvalue weighted by atomic mass is 10.4. The Bertz CT molecular complexity index is 659. The SMILES string of the molecule is CCCNc1cccnc1S(=O)(=O)NCCCS(N)(=O)=O. The van der Waals surface area contributed by atoms with Gasteiger partial charge in [0.25, 0.3) is 10.0 Å². The van der Waals surface area contributed by atoms with E-state index in [-0.39, 0.29) is 23.7 Å². The molecule has 0 aliphatic heterocycles. The van der Waals surface area contributed by atoms with Gasteiger partial charge in [0.15, 0.2) is 5.03 Å². The number of nitrogens with two attached hydrogens (primary N) is 1. The molecule has 0 bridgehead atoms. The molecule has 4 N–H and O–H groups in total. The van der Waals surface area contributed by atoms with E-state index in [0.717, 1.165) is 6.42 Å². The average molecular weight is 336 g/mol. The molecule has 0 fully saturated rings. The molecular formula is C11H20N4O4S2. The largest absolute Gasteiger partial charge is 0.383 e. The van der Waals surface area contributed by atoms with E-state index in [1.807, 2.05) is 6.92 Å². The van der Waals surface area contributed by atoms with E-state index in [1.54, 1.807) is 12.1 Å². The third-order valence-electron chi connectivity index (χ3n) is 2.49. The molecule has 0 saturated heterocycles. The second-order valence-corrected chi connectivity index (χ2v) is 7.82. The van der Waals surface area contributed by atoms with Gasteiger partial charge in [0, 0.05) is 19.3 Å². The maximum absolute atomic E-state index is 12.1. The van der Waals surface area contributed by atoms with Crippen molar-refractivity contribution < 1.29 is 16.8 Å². The fourth-order valence-electron chi connectivity index (χ4n) is 1.55. The third-order valence-corrected chi connectivity index (χ3v) is 4.77. The van der Waals surface area contributed by atoms with E-state index in [1.165, 1.54) is 6.20 Å². The molecule has 21 heavy (non-hydrogen) atoms. The van der Waals surface area contributed by atoms with Crippen LogP contribution in [0.15, 0.2) is 23.4 Å². The summed E-state index contributed by atoms with van der Waals surface area (Å²) in [4.78, 5) is 3.87. The average Bonchev–Trinajstić information content (AvgIpc) is 2.41. The molecule has 0 saturated carbocycles. The number of nitrogens with zero attached hydrogens (tertiary/aromatic N) is 1. The highest BCUT2D eigenvalue weighted by atomic mass is 32.2. The number of sulfonamides is 2. The van der Waals surface area contributed by atoms with Gasteiger partial charge in [0.1, 0.15) is 0 Å². The van der Waals surface area contributed by atoms with Crippen LogP contribution >= 0.6 is 0 Å². The second-order valence-electron chi connectivity index (χ2n) is 4.40. The molecule has 0 radical (unpaired) electrons. The van der Waals surface area contributed by atoms with Crippen LogP contribution in [0.3, 0.4) is 0 Å². The maximum atomic E-state index is 12.1. The fraction of sp³-hybridized carbons (Fsp3) is 0.545. The zero-order valence-electron chi connectivity index (χ0n) is 11.7. The maximum Gasteiger partial charge on any atom is 0.260 e. The van der Waals surface area contributed by atoms with Crippen molar-refractivity contribution in [1.82, 2.24) is 9.71 Å². The first-order valence-electron chi connectivity index (χ1n) is 6.45. The molecule has 1 heterocycles. The molecule has 0 aliphatic carbocycles. The van der Waals surface area contributed by atoms with Crippen molar-refractivity contribution in [3.05, 3.63) is 18.3 Å². The molecule has 0 atom stereocenters. The zero-order chi connectivity index (χ0) is 15.9. The van der Waals surface area contributed by atoms with Crippen molar-refractivity contribution in [2.45, 2.75) is 24.8 Å². The van der Waals surface area contributed by atoms with Crippen LogP contribution in [0.25, 0.3) is 0 Å². The molecule has 8 nitrogen and oxygen atoms in total. The van der Waals surface area contributed by atoms with E-state index in [0.29, 0.717) is 12.2 Å². The number of hydrogen-bond donors (Lipinski definition) is 3. The van der Waals surface area contributed by atoms with Crippen LogP contribution < -0.4 is 15.2 Å². The highest BCUT2D eigenvalue weighted by Crippen LogP contribution is 2.17. The Labute approximate surface area is 125 Å². The van der Waals surface area contributed by atoms with Crippen molar-refractivity contribution in [2.24, 2.45) is 5.14 Å². The van der Waals surface area contributed by atoms with Crippen molar-refractivity contribution >= 4 is 25.7 Å². The van der Waals surface area contributed by atoms with Gasteiger partial charge in [-0.3, -0.25) is 0 Å². The summed E-state index contributed by atoms with van der Waals surface area (Å²) in [5, 5.41) is 7.73. The van der Waals surface area contributed by atoms with Crippen LogP contribution in [0.1, 0.15) is 19.8 Å². The Balaban J connectivity index is 2.74. The molecule has 0 spiro atoms. The Hall–Kier alpha value is -1.23. The predicted molar refractivity (Wildman–Crippen MR) is 80.8 cm³/mol. The number of anilines is 1. The molecule has 10 heteroatoms. The molecule has 120 valence electrons. The van der Waals surface area contributed by atoms with Crippen LogP contribution in [0, 0.1) is 0 Å². The highest BCUT2D eigenvalue weighted by molar-refractivity contribution is 7.89. The first kappa shape index (κ1) is 17.8. The van der Waals surface area contributed by atoms with Crippen LogP contribution in [0.2, 0.25) is 0 Å². The van der Waals surface area contributed by atoms with Gasteiger partial charge in [-0.1, -0.05) is 6.92 Å². The number of rotatable bonds is 9. The minimum absolute atomic E-state index is 0.0252. The minimum Gasteiger partial charge on any atom is -0.383 e. The molecule has 1 aromatic rings. The Kier molecular flexibility index (Phi) is 6.52. The summed E-state index contributed by atoms with van der Waals surface area (Å²) in [5.41, 5.74) is 0.415. The predicted octanol–water partition coefficient (Wildman–Crippen LogP) is -0.140. The number of nitrogens with one attached hydrogen (secondary N) is 2. The van der Waals surface area contributed by atoms with E-state index in [4.69, 9.17) is 5.14 Å². The van der Waals surface area contributed by atoms with Crippen molar-refractivity contribution in [2.75, 3.05) is 24.2 Å². The molecule has 0 aromatic carbocycles. The smallest absolute Gasteiger partial charge is 0.260 e. The second kappa shape index (κ2) is 7.69. The molecule has 0 unspecified atom stereocenters. The summed E-state index contributed by atoms with van der Waals surface area (Å²) in [7, 11) is -7.39. The third kappa shape index (κ3) is 6.38. The molecular weight excluding hydrogens is 316 g/mol. The van der Waals surface area contributed by atoms with Crippen molar-refractivity contribution in [3.8, 4) is 0 Å². The fourth-order valence-corrected chi connectivity index (χ4v) is 3.27. The van der Waals surface area contributed by atoms with Crippen LogP contribution in [0.4, 0.5) is 5.69 Å². The Morgan fingerprint density at radius 2 is 1.95 bits per heavy atom. The number of aromatic nitrogens is 1. The summed E-state index contributed by atoms with van der Waals surface area (Å²) in [6, 6.07) is 3.26. The molecule has 0 amide bonds. The van der Waals surface area contributed by atoms with E-state index in [9.17, 15) is 16.8 Å². The van der Waals surface area contributed by atoms with Gasteiger partial charge in [-0.25, -0.2) is 31.7 Å². The lowest BCUT2D eigenvalue weighted by Gasteiger charge is -2.11. The number of pyridine rings is 1. The summed E-state index contributed by atoms with van der Waals surface area (Å²) in [6.45, 7) is 2.56. The minimum atomic E-state index is -3.80. The number of primary sulfonamides is 1. The normalized spacial score (nSPS) is 12.3. The summed E-state index contributed by atoms with van der Waals surface area (Å²) >= 11 is 0. The highest BCUT2D eigenvalue weighted by Gasteiger charge is 2.19. The quantitative estimate of drug-likeness (QED) is 0.538. The first-order valence-corrected chi connectivity index (χ1v) is 9.65. The van der Waals surface area contributed by atoms with Gasteiger partial charge in [-0.05, 0) is 25.0 Å². The molecule has 1 rings (SSSR count). The van der Waals surface area contributed by atoms with Gasteiger partial charge in [0.05, 0.1) is 11.4 Å². The van der Waals surface area contributed by atoms with Gasteiger partial charge < -0.3 is 5.32 Å². The van der Waals surface area contributed by atoms with Crippen molar-refractivity contribution in [3.63, 3.8) is 0 Å². The van der Waals surface area contributed by atoms with Gasteiger partial charge >= 0.3 is 0 Å². The lowest BCUT2D eigenvalue weighted by molar-refractivity contribution is 0.573. The van der Waals surface area contributed by atoms with Crippen LogP contribution in [0.5, 0.6) is 0 Å². The van der Waals surface area contributed by atoms with Gasteiger partial charge in [0.2, 0.25) is 10.0 Å². The molecule has 1 aromatic heterocycles. The first-order chi connectivity index (χ1) is 9.76. The summed E-state index contributed by atoms with van der Waals surface area (Å²) < 4.78 is 48.2. The molecule has 0 aliphatic rings. The van der Waals surface area contributed by atoms with E-state index >= 15 is 0 Å². The van der Waals surface area contributed by atoms with Crippen LogP contribution in [-0.4, -0.2) is 40.7 Å². The Morgan fingerprint density at radius 1 is 1.24 bits per heavy atom. The Morgan fingerprint density at radius 3 is 2.57 bits per heavy atom. The van der Waals surface area contributed by atoms with E-state index < -0.39 is 20.0 Å². The van der Waals surface area contributed by atoms with Gasteiger partial charge in [-0.15, -0.1) is 0 Å². The number of hydrogen-bond acceptors (Lipinski definition) is 6. The monoisotopic (exact) mass is 336 g/mol. The topological polar surface area (TPSA) is 131 Å². The van der Waals surface area contributed by atoms with Gasteiger partial charge in [-0.2, -0.15) is 0 Å².